The molecule has 6 heteroatoms. The number of aromatic amines is 1. The van der Waals surface area contributed by atoms with Gasteiger partial charge >= 0.3 is 0 Å². The summed E-state index contributed by atoms with van der Waals surface area (Å²) in [5.74, 6) is -0.267. The van der Waals surface area contributed by atoms with Crippen LogP contribution < -0.4 is 5.43 Å². The summed E-state index contributed by atoms with van der Waals surface area (Å²) in [5, 5.41) is 20.6. The van der Waals surface area contributed by atoms with Crippen LogP contribution >= 0.6 is 0 Å². The molecule has 6 nitrogen and oxygen atoms in total. The van der Waals surface area contributed by atoms with Gasteiger partial charge in [0.1, 0.15) is 11.4 Å². The molecular formula is C18H16N4O2. The zero-order valence-electron chi connectivity index (χ0n) is 13.0. The van der Waals surface area contributed by atoms with E-state index < -0.39 is 5.91 Å². The van der Waals surface area contributed by atoms with Gasteiger partial charge in [0, 0.05) is 11.1 Å². The number of carbonyl (C=O) groups is 1. The van der Waals surface area contributed by atoms with E-state index in [1.54, 1.807) is 31.2 Å². The number of phenolic OH excluding ortho intramolecular Hbond substituents is 1. The molecule has 0 aliphatic rings. The number of rotatable bonds is 4. The minimum absolute atomic E-state index is 0.142. The van der Waals surface area contributed by atoms with Crippen molar-refractivity contribution in [1.82, 2.24) is 15.6 Å². The molecule has 3 rings (SSSR count). The van der Waals surface area contributed by atoms with Crippen molar-refractivity contribution in [3.63, 3.8) is 0 Å². The smallest absolute Gasteiger partial charge is 0.289 e. The number of benzene rings is 2. The lowest BCUT2D eigenvalue weighted by atomic mass is 10.1. The number of amides is 1. The number of hydrogen-bond acceptors (Lipinski definition) is 4. The van der Waals surface area contributed by atoms with Crippen LogP contribution in [0.2, 0.25) is 0 Å². The Morgan fingerprint density at radius 2 is 2.00 bits per heavy atom. The Labute approximate surface area is 138 Å². The summed E-state index contributed by atoms with van der Waals surface area (Å²) in [4.78, 5) is 12.1. The maximum atomic E-state index is 12.1. The molecule has 1 heterocycles. The van der Waals surface area contributed by atoms with E-state index >= 15 is 0 Å². The molecule has 1 aromatic heterocycles. The largest absolute Gasteiger partial charge is 0.507 e. The molecule has 0 spiro atoms. The Morgan fingerprint density at radius 3 is 2.79 bits per heavy atom. The summed E-state index contributed by atoms with van der Waals surface area (Å²) in [6.07, 6.45) is 1.40. The van der Waals surface area contributed by atoms with Crippen LogP contribution in [0.5, 0.6) is 5.75 Å². The summed E-state index contributed by atoms with van der Waals surface area (Å²) >= 11 is 0. The average molecular weight is 320 g/mol. The second kappa shape index (κ2) is 6.78. The molecule has 0 radical (unpaired) electrons. The molecule has 3 aromatic rings. The maximum absolute atomic E-state index is 12.1. The highest BCUT2D eigenvalue weighted by atomic mass is 16.3. The zero-order valence-corrected chi connectivity index (χ0v) is 13.0. The predicted octanol–water partition coefficient (Wildman–Crippen LogP) is 2.85. The van der Waals surface area contributed by atoms with Crippen LogP contribution in [0.1, 0.15) is 21.6 Å². The lowest BCUT2D eigenvalue weighted by Crippen LogP contribution is -2.18. The summed E-state index contributed by atoms with van der Waals surface area (Å²) in [7, 11) is 0. The van der Waals surface area contributed by atoms with Crippen molar-refractivity contribution in [3.05, 3.63) is 71.4 Å². The van der Waals surface area contributed by atoms with E-state index in [1.807, 2.05) is 30.3 Å². The SMILES string of the molecule is Cc1cccc(/C=N/NC(=O)c2cc(-c3ccccc3)n[nH]2)c1O. The second-order valence-corrected chi connectivity index (χ2v) is 5.24. The van der Waals surface area contributed by atoms with E-state index in [1.165, 1.54) is 6.21 Å². The molecule has 0 saturated heterocycles. The lowest BCUT2D eigenvalue weighted by molar-refractivity contribution is 0.0950. The molecule has 0 saturated carbocycles. The molecule has 120 valence electrons. The van der Waals surface area contributed by atoms with Crippen LogP contribution in [0.15, 0.2) is 59.7 Å². The Bertz CT molecular complexity index is 885. The number of aryl methyl sites for hydroxylation is 1. The van der Waals surface area contributed by atoms with Gasteiger partial charge in [-0.15, -0.1) is 0 Å². The van der Waals surface area contributed by atoms with E-state index in [0.29, 0.717) is 17.0 Å². The van der Waals surface area contributed by atoms with E-state index in [2.05, 4.69) is 20.7 Å². The maximum Gasteiger partial charge on any atom is 0.289 e. The monoisotopic (exact) mass is 320 g/mol. The Morgan fingerprint density at radius 1 is 1.21 bits per heavy atom. The van der Waals surface area contributed by atoms with Gasteiger partial charge in [0.2, 0.25) is 0 Å². The fourth-order valence-electron chi connectivity index (χ4n) is 2.20. The van der Waals surface area contributed by atoms with Gasteiger partial charge in [0.15, 0.2) is 0 Å². The summed E-state index contributed by atoms with van der Waals surface area (Å²) in [6.45, 7) is 1.79. The number of aromatic hydroxyl groups is 1. The molecule has 0 aliphatic carbocycles. The molecule has 0 unspecified atom stereocenters. The first-order valence-corrected chi connectivity index (χ1v) is 7.38. The van der Waals surface area contributed by atoms with Crippen molar-refractivity contribution in [1.29, 1.82) is 0 Å². The molecule has 2 aromatic carbocycles. The van der Waals surface area contributed by atoms with Crippen molar-refractivity contribution in [2.45, 2.75) is 6.92 Å². The topological polar surface area (TPSA) is 90.4 Å². The Kier molecular flexibility index (Phi) is 4.38. The van der Waals surface area contributed by atoms with Crippen molar-refractivity contribution in [3.8, 4) is 17.0 Å². The van der Waals surface area contributed by atoms with Crippen molar-refractivity contribution < 1.29 is 9.90 Å². The van der Waals surface area contributed by atoms with Gasteiger partial charge < -0.3 is 5.11 Å². The van der Waals surface area contributed by atoms with Gasteiger partial charge in [-0.25, -0.2) is 5.43 Å². The number of carbonyl (C=O) groups excluding carboxylic acids is 1. The van der Waals surface area contributed by atoms with Crippen LogP contribution in [0, 0.1) is 6.92 Å². The van der Waals surface area contributed by atoms with Crippen molar-refractivity contribution >= 4 is 12.1 Å². The zero-order chi connectivity index (χ0) is 16.9. The highest BCUT2D eigenvalue weighted by Crippen LogP contribution is 2.19. The standard InChI is InChI=1S/C18H16N4O2/c1-12-6-5-9-14(17(12)23)11-19-22-18(24)16-10-15(20-21-16)13-7-3-2-4-8-13/h2-11,23H,1H3,(H,20,21)(H,22,24)/b19-11+. The quantitative estimate of drug-likeness (QED) is 0.510. The fraction of sp³-hybridized carbons (Fsp3) is 0.0556. The summed E-state index contributed by atoms with van der Waals surface area (Å²) in [5.41, 5.74) is 5.59. The van der Waals surface area contributed by atoms with Gasteiger partial charge in [-0.3, -0.25) is 9.89 Å². The van der Waals surface area contributed by atoms with Gasteiger partial charge in [-0.05, 0) is 24.6 Å². The second-order valence-electron chi connectivity index (χ2n) is 5.24. The van der Waals surface area contributed by atoms with Gasteiger partial charge in [0.05, 0.1) is 11.9 Å². The average Bonchev–Trinajstić information content (AvgIpc) is 3.09. The summed E-state index contributed by atoms with van der Waals surface area (Å²) in [6, 6.07) is 16.5. The number of hydrogen-bond donors (Lipinski definition) is 3. The Hall–Kier alpha value is -3.41. The third kappa shape index (κ3) is 3.33. The first kappa shape index (κ1) is 15.5. The molecule has 1 amide bonds. The van der Waals surface area contributed by atoms with Crippen LogP contribution in [-0.4, -0.2) is 27.4 Å². The van der Waals surface area contributed by atoms with Crippen molar-refractivity contribution in [2.75, 3.05) is 0 Å². The highest BCUT2D eigenvalue weighted by molar-refractivity contribution is 5.94. The number of hydrazone groups is 1. The van der Waals surface area contributed by atoms with Crippen LogP contribution in [0.4, 0.5) is 0 Å². The summed E-state index contributed by atoms with van der Waals surface area (Å²) < 4.78 is 0. The van der Waals surface area contributed by atoms with Gasteiger partial charge in [-0.1, -0.05) is 42.5 Å². The minimum Gasteiger partial charge on any atom is -0.507 e. The first-order valence-electron chi connectivity index (χ1n) is 7.38. The fourth-order valence-corrected chi connectivity index (χ4v) is 2.20. The lowest BCUT2D eigenvalue weighted by Gasteiger charge is -2.01. The molecule has 0 bridgehead atoms. The number of nitrogens with zero attached hydrogens (tertiary/aromatic N) is 2. The molecule has 24 heavy (non-hydrogen) atoms. The molecule has 0 fully saturated rings. The number of aromatic nitrogens is 2. The van der Waals surface area contributed by atoms with Crippen LogP contribution in [0.3, 0.4) is 0 Å². The van der Waals surface area contributed by atoms with E-state index in [-0.39, 0.29) is 5.75 Å². The normalized spacial score (nSPS) is 10.9. The molecule has 0 atom stereocenters. The third-order valence-corrected chi connectivity index (χ3v) is 3.53. The van der Waals surface area contributed by atoms with Crippen LogP contribution in [0.25, 0.3) is 11.3 Å². The molecule has 0 aliphatic heterocycles. The van der Waals surface area contributed by atoms with Gasteiger partial charge in [0.25, 0.3) is 5.91 Å². The number of H-pyrrole nitrogens is 1. The van der Waals surface area contributed by atoms with Crippen LogP contribution in [-0.2, 0) is 0 Å². The highest BCUT2D eigenvalue weighted by Gasteiger charge is 2.10. The van der Waals surface area contributed by atoms with E-state index in [4.69, 9.17) is 0 Å². The van der Waals surface area contributed by atoms with Gasteiger partial charge in [-0.2, -0.15) is 10.2 Å². The van der Waals surface area contributed by atoms with Crippen molar-refractivity contribution in [2.24, 2.45) is 5.10 Å². The molecule has 3 N–H and O–H groups in total. The predicted molar refractivity (Wildman–Crippen MR) is 91.9 cm³/mol. The third-order valence-electron chi connectivity index (χ3n) is 3.53. The first-order chi connectivity index (χ1) is 11.6. The van der Waals surface area contributed by atoms with E-state index in [0.717, 1.165) is 11.1 Å². The van der Waals surface area contributed by atoms with E-state index in [9.17, 15) is 9.90 Å². The number of para-hydroxylation sites is 1. The number of phenols is 1. The Balaban J connectivity index is 1.69. The minimum atomic E-state index is -0.409. The molecular weight excluding hydrogens is 304 g/mol. The number of nitrogens with one attached hydrogen (secondary N) is 2.